The third-order valence-electron chi connectivity index (χ3n) is 4.06. The molecule has 2 aliphatic rings. The molecule has 2 rings (SSSR count). The smallest absolute Gasteiger partial charge is 0.0736 e. The zero-order valence-corrected chi connectivity index (χ0v) is 12.7. The fraction of sp³-hybridized carbons (Fsp3) is 0.857. The minimum atomic E-state index is 0.405. The monoisotopic (exact) mass is 349 g/mol. The van der Waals surface area contributed by atoms with E-state index in [9.17, 15) is 0 Å². The molecule has 1 N–H and O–H groups in total. The van der Waals surface area contributed by atoms with Crippen LogP contribution >= 0.6 is 22.6 Å². The van der Waals surface area contributed by atoms with Crippen LogP contribution in [0, 0.1) is 5.92 Å². The third kappa shape index (κ3) is 3.93. The van der Waals surface area contributed by atoms with Crippen molar-refractivity contribution in [2.24, 2.45) is 5.92 Å². The first-order valence-corrected chi connectivity index (χ1v) is 8.18. The lowest BCUT2D eigenvalue weighted by Crippen LogP contribution is -2.53. The molecule has 0 amide bonds. The maximum absolute atomic E-state index is 5.96. The van der Waals surface area contributed by atoms with Gasteiger partial charge in [-0.2, -0.15) is 0 Å². The quantitative estimate of drug-likeness (QED) is 0.362. The van der Waals surface area contributed by atoms with Crippen molar-refractivity contribution in [1.82, 2.24) is 5.32 Å². The van der Waals surface area contributed by atoms with Gasteiger partial charge >= 0.3 is 0 Å². The lowest BCUT2D eigenvalue weighted by Gasteiger charge is -2.41. The summed E-state index contributed by atoms with van der Waals surface area (Å²) in [7, 11) is 0. The standard InChI is InChI=1S/C14H24INO/c1-2-10-17-12-8-9-13(15)16-14(12)11-6-4-3-5-7-11/h2,11-14,16H,1,3-10H2. The van der Waals surface area contributed by atoms with Crippen molar-refractivity contribution in [1.29, 1.82) is 0 Å². The van der Waals surface area contributed by atoms with E-state index in [2.05, 4.69) is 34.5 Å². The molecule has 3 unspecified atom stereocenters. The fourth-order valence-electron chi connectivity index (χ4n) is 3.20. The second-order valence-corrected chi connectivity index (χ2v) is 6.80. The predicted molar refractivity (Wildman–Crippen MR) is 80.5 cm³/mol. The van der Waals surface area contributed by atoms with Crippen molar-refractivity contribution < 1.29 is 4.74 Å². The molecule has 1 saturated carbocycles. The van der Waals surface area contributed by atoms with E-state index in [0.717, 1.165) is 5.92 Å². The third-order valence-corrected chi connectivity index (χ3v) is 5.05. The summed E-state index contributed by atoms with van der Waals surface area (Å²) in [6, 6.07) is 0.575. The van der Waals surface area contributed by atoms with Gasteiger partial charge in [0.2, 0.25) is 0 Å². The van der Waals surface area contributed by atoms with E-state index in [1.165, 1.54) is 44.9 Å². The van der Waals surface area contributed by atoms with E-state index in [-0.39, 0.29) is 0 Å². The van der Waals surface area contributed by atoms with Gasteiger partial charge in [0, 0.05) is 6.04 Å². The highest BCUT2D eigenvalue weighted by molar-refractivity contribution is 14.1. The molecule has 17 heavy (non-hydrogen) atoms. The first-order valence-electron chi connectivity index (χ1n) is 6.94. The van der Waals surface area contributed by atoms with Crippen LogP contribution in [0.4, 0.5) is 0 Å². The predicted octanol–water partition coefficient (Wildman–Crippen LogP) is 3.65. The molecule has 98 valence electrons. The molecule has 1 aliphatic heterocycles. The van der Waals surface area contributed by atoms with Gasteiger partial charge in [-0.15, -0.1) is 6.58 Å². The van der Waals surface area contributed by atoms with Crippen LogP contribution in [-0.2, 0) is 4.74 Å². The minimum absolute atomic E-state index is 0.405. The summed E-state index contributed by atoms with van der Waals surface area (Å²) in [6.45, 7) is 4.45. The van der Waals surface area contributed by atoms with Crippen molar-refractivity contribution in [2.45, 2.75) is 61.1 Å². The minimum Gasteiger partial charge on any atom is -0.373 e. The molecule has 3 atom stereocenters. The topological polar surface area (TPSA) is 21.3 Å². The van der Waals surface area contributed by atoms with E-state index in [0.29, 0.717) is 22.8 Å². The molecule has 0 aromatic heterocycles. The number of alkyl halides is 1. The van der Waals surface area contributed by atoms with Gasteiger partial charge in [-0.05, 0) is 31.6 Å². The number of nitrogens with one attached hydrogen (secondary N) is 1. The number of rotatable bonds is 4. The van der Waals surface area contributed by atoms with Crippen molar-refractivity contribution >= 4 is 22.6 Å². The van der Waals surface area contributed by atoms with Gasteiger partial charge in [0.15, 0.2) is 0 Å². The summed E-state index contributed by atoms with van der Waals surface area (Å²) in [5.41, 5.74) is 0. The lowest BCUT2D eigenvalue weighted by atomic mass is 9.79. The van der Waals surface area contributed by atoms with Crippen molar-refractivity contribution in [2.75, 3.05) is 6.61 Å². The van der Waals surface area contributed by atoms with Gasteiger partial charge in [0.05, 0.1) is 16.8 Å². The lowest BCUT2D eigenvalue weighted by molar-refractivity contribution is -0.00147. The molecule has 2 fully saturated rings. The van der Waals surface area contributed by atoms with Gasteiger partial charge in [-0.25, -0.2) is 0 Å². The van der Waals surface area contributed by atoms with Crippen molar-refractivity contribution in [3.05, 3.63) is 12.7 Å². The largest absolute Gasteiger partial charge is 0.373 e. The molecule has 1 saturated heterocycles. The first kappa shape index (κ1) is 13.8. The summed E-state index contributed by atoms with van der Waals surface area (Å²) in [5, 5.41) is 3.77. The molecule has 1 aliphatic carbocycles. The van der Waals surface area contributed by atoms with Crippen LogP contribution in [0.15, 0.2) is 12.7 Å². The Hall–Kier alpha value is 0.390. The fourth-order valence-corrected chi connectivity index (χ4v) is 3.98. The number of hydrogen-bond donors (Lipinski definition) is 1. The van der Waals surface area contributed by atoms with Gasteiger partial charge < -0.3 is 4.74 Å². The van der Waals surface area contributed by atoms with Crippen LogP contribution in [0.1, 0.15) is 44.9 Å². The number of halogens is 1. The average Bonchev–Trinajstić information content (AvgIpc) is 2.38. The van der Waals surface area contributed by atoms with Crippen LogP contribution < -0.4 is 5.32 Å². The summed E-state index contributed by atoms with van der Waals surface area (Å²) < 4.78 is 6.59. The first-order chi connectivity index (χ1) is 8.31. The maximum atomic E-state index is 5.96. The van der Waals surface area contributed by atoms with Crippen molar-refractivity contribution in [3.8, 4) is 0 Å². The van der Waals surface area contributed by atoms with Crippen LogP contribution in [0.3, 0.4) is 0 Å². The van der Waals surface area contributed by atoms with E-state index in [4.69, 9.17) is 4.74 Å². The molecule has 2 nitrogen and oxygen atoms in total. The second-order valence-electron chi connectivity index (χ2n) is 5.30. The Labute approximate surface area is 119 Å². The van der Waals surface area contributed by atoms with Crippen LogP contribution in [-0.4, -0.2) is 22.8 Å². The highest BCUT2D eigenvalue weighted by Crippen LogP contribution is 2.33. The van der Waals surface area contributed by atoms with Gasteiger partial charge in [0.25, 0.3) is 0 Å². The Kier molecular flexibility index (Phi) is 5.77. The molecular weight excluding hydrogens is 325 g/mol. The molecule has 3 heteroatoms. The van der Waals surface area contributed by atoms with E-state index in [1.807, 2.05) is 6.08 Å². The Morgan fingerprint density at radius 2 is 1.94 bits per heavy atom. The molecule has 0 bridgehead atoms. The number of hydrogen-bond acceptors (Lipinski definition) is 2. The normalized spacial score (nSPS) is 35.7. The van der Waals surface area contributed by atoms with Gasteiger partial charge in [-0.3, -0.25) is 5.32 Å². The van der Waals surface area contributed by atoms with Gasteiger partial charge in [0.1, 0.15) is 0 Å². The summed E-state index contributed by atoms with van der Waals surface area (Å²) in [4.78, 5) is 0. The Bertz CT molecular complexity index is 240. The molecule has 0 aromatic rings. The Morgan fingerprint density at radius 3 is 2.65 bits per heavy atom. The maximum Gasteiger partial charge on any atom is 0.0736 e. The highest BCUT2D eigenvalue weighted by atomic mass is 127. The SMILES string of the molecule is C=CCOC1CCC(I)NC1C1CCCCC1. The zero-order valence-electron chi connectivity index (χ0n) is 10.5. The molecule has 0 radical (unpaired) electrons. The average molecular weight is 349 g/mol. The van der Waals surface area contributed by atoms with E-state index < -0.39 is 0 Å². The van der Waals surface area contributed by atoms with Crippen LogP contribution in [0.25, 0.3) is 0 Å². The molecule has 0 spiro atoms. The Morgan fingerprint density at radius 1 is 1.18 bits per heavy atom. The van der Waals surface area contributed by atoms with Gasteiger partial charge in [-0.1, -0.05) is 47.9 Å². The molecule has 0 aromatic carbocycles. The second kappa shape index (κ2) is 7.10. The summed E-state index contributed by atoms with van der Waals surface area (Å²) in [5.74, 6) is 0.830. The Balaban J connectivity index is 1.94. The summed E-state index contributed by atoms with van der Waals surface area (Å²) >= 11 is 2.53. The van der Waals surface area contributed by atoms with E-state index >= 15 is 0 Å². The van der Waals surface area contributed by atoms with Crippen LogP contribution in [0.2, 0.25) is 0 Å². The van der Waals surface area contributed by atoms with Crippen LogP contribution in [0.5, 0.6) is 0 Å². The number of piperidine rings is 1. The molecule has 1 heterocycles. The number of ether oxygens (including phenoxy) is 1. The zero-order chi connectivity index (χ0) is 12.1. The molecular formula is C14H24INO. The van der Waals surface area contributed by atoms with E-state index in [1.54, 1.807) is 0 Å². The highest BCUT2D eigenvalue weighted by Gasteiger charge is 2.35. The summed E-state index contributed by atoms with van der Waals surface area (Å²) in [6.07, 6.45) is 11.7. The van der Waals surface area contributed by atoms with Crippen molar-refractivity contribution in [3.63, 3.8) is 0 Å².